The highest BCUT2D eigenvalue weighted by molar-refractivity contribution is 5.82. The number of rotatable bonds is 5. The Bertz CT molecular complexity index is 1090. The first-order valence-electron chi connectivity index (χ1n) is 9.77. The highest BCUT2D eigenvalue weighted by Crippen LogP contribution is 2.19. The van der Waals surface area contributed by atoms with Gasteiger partial charge in [-0.05, 0) is 60.5 Å². The Morgan fingerprint density at radius 3 is 2.69 bits per heavy atom. The molecular formula is C23H23FN2O3. The van der Waals surface area contributed by atoms with E-state index in [1.54, 1.807) is 17.0 Å². The van der Waals surface area contributed by atoms with Gasteiger partial charge in [0.15, 0.2) is 0 Å². The lowest BCUT2D eigenvalue weighted by molar-refractivity contribution is -0.142. The fourth-order valence-corrected chi connectivity index (χ4v) is 3.68. The number of aromatic nitrogens is 1. The summed E-state index contributed by atoms with van der Waals surface area (Å²) in [6, 6.07) is 13.7. The number of carbonyl (C=O) groups excluding carboxylic acids is 1. The van der Waals surface area contributed by atoms with Crippen LogP contribution in [0.3, 0.4) is 0 Å². The van der Waals surface area contributed by atoms with Gasteiger partial charge in [0, 0.05) is 24.2 Å². The number of hydrogen-bond donors (Lipinski definition) is 1. The van der Waals surface area contributed by atoms with Crippen molar-refractivity contribution in [1.82, 2.24) is 9.88 Å². The molecule has 0 aliphatic carbocycles. The van der Waals surface area contributed by atoms with E-state index in [4.69, 9.17) is 4.74 Å². The molecule has 3 aromatic rings. The lowest BCUT2D eigenvalue weighted by atomic mass is 10.1. The van der Waals surface area contributed by atoms with Crippen molar-refractivity contribution in [1.29, 1.82) is 0 Å². The number of hydrogen-bond acceptors (Lipinski definition) is 3. The van der Waals surface area contributed by atoms with Crippen LogP contribution in [-0.2, 0) is 22.6 Å². The van der Waals surface area contributed by atoms with Crippen molar-refractivity contribution in [3.63, 3.8) is 0 Å². The smallest absolute Gasteiger partial charge is 0.253 e. The summed E-state index contributed by atoms with van der Waals surface area (Å²) < 4.78 is 18.8. The van der Waals surface area contributed by atoms with Crippen LogP contribution in [0.15, 0.2) is 53.3 Å². The average Bonchev–Trinajstić information content (AvgIpc) is 3.24. The average molecular weight is 394 g/mol. The molecule has 0 radical (unpaired) electrons. The van der Waals surface area contributed by atoms with Crippen LogP contribution in [0.5, 0.6) is 0 Å². The summed E-state index contributed by atoms with van der Waals surface area (Å²) >= 11 is 0. The molecule has 0 unspecified atom stereocenters. The molecule has 5 nitrogen and oxygen atoms in total. The molecule has 0 bridgehead atoms. The number of aromatic amines is 1. The molecule has 2 aromatic carbocycles. The maximum Gasteiger partial charge on any atom is 0.253 e. The zero-order valence-corrected chi connectivity index (χ0v) is 16.3. The number of nitrogens with one attached hydrogen (secondary N) is 1. The minimum absolute atomic E-state index is 0.143. The number of aryl methyl sites for hydroxylation is 1. The molecule has 1 N–H and O–H groups in total. The summed E-state index contributed by atoms with van der Waals surface area (Å²) in [7, 11) is 0. The molecule has 6 heteroatoms. The lowest BCUT2D eigenvalue weighted by Crippen LogP contribution is -2.39. The quantitative estimate of drug-likeness (QED) is 0.718. The SMILES string of the molecule is Cc1ccc2cc(CN(Cc3ccc(F)cc3)C(=O)[C@@H]3CCCO3)c(=O)[nH]c2c1. The molecule has 4 rings (SSSR count). The van der Waals surface area contributed by atoms with Crippen LogP contribution in [0.4, 0.5) is 4.39 Å². The maximum absolute atomic E-state index is 13.3. The molecule has 1 aliphatic heterocycles. The fraction of sp³-hybridized carbons (Fsp3) is 0.304. The lowest BCUT2D eigenvalue weighted by Gasteiger charge is -2.25. The predicted octanol–water partition coefficient (Wildman–Crippen LogP) is 3.68. The largest absolute Gasteiger partial charge is 0.368 e. The highest BCUT2D eigenvalue weighted by Gasteiger charge is 2.29. The molecular weight excluding hydrogens is 371 g/mol. The van der Waals surface area contributed by atoms with E-state index in [0.717, 1.165) is 28.5 Å². The second kappa shape index (κ2) is 8.17. The Kier molecular flexibility index (Phi) is 5.45. The number of nitrogens with zero attached hydrogens (tertiary/aromatic N) is 1. The summed E-state index contributed by atoms with van der Waals surface area (Å²) in [5, 5.41) is 0.913. The van der Waals surface area contributed by atoms with Gasteiger partial charge in [0.2, 0.25) is 0 Å². The van der Waals surface area contributed by atoms with E-state index in [0.29, 0.717) is 18.6 Å². The zero-order valence-electron chi connectivity index (χ0n) is 16.3. The molecule has 29 heavy (non-hydrogen) atoms. The highest BCUT2D eigenvalue weighted by atomic mass is 19.1. The van der Waals surface area contributed by atoms with Gasteiger partial charge >= 0.3 is 0 Å². The van der Waals surface area contributed by atoms with Gasteiger partial charge in [-0.15, -0.1) is 0 Å². The van der Waals surface area contributed by atoms with E-state index in [1.165, 1.54) is 12.1 Å². The number of fused-ring (bicyclic) bond motifs is 1. The van der Waals surface area contributed by atoms with Gasteiger partial charge in [-0.3, -0.25) is 9.59 Å². The van der Waals surface area contributed by atoms with Crippen molar-refractivity contribution in [3.8, 4) is 0 Å². The van der Waals surface area contributed by atoms with E-state index in [2.05, 4.69) is 4.98 Å². The number of H-pyrrole nitrogens is 1. The van der Waals surface area contributed by atoms with Gasteiger partial charge in [-0.1, -0.05) is 24.3 Å². The van der Waals surface area contributed by atoms with Gasteiger partial charge in [0.05, 0.1) is 6.54 Å². The zero-order chi connectivity index (χ0) is 20.4. The number of halogens is 1. The van der Waals surface area contributed by atoms with Crippen LogP contribution in [0, 0.1) is 12.7 Å². The summed E-state index contributed by atoms with van der Waals surface area (Å²) in [4.78, 5) is 30.2. The number of amides is 1. The minimum Gasteiger partial charge on any atom is -0.368 e. The molecule has 1 aliphatic rings. The first-order chi connectivity index (χ1) is 14.0. The molecule has 0 saturated carbocycles. The van der Waals surface area contributed by atoms with Gasteiger partial charge < -0.3 is 14.6 Å². The van der Waals surface area contributed by atoms with Crippen LogP contribution in [0.2, 0.25) is 0 Å². The molecule has 1 fully saturated rings. The van der Waals surface area contributed by atoms with Gasteiger partial charge in [-0.25, -0.2) is 4.39 Å². The van der Waals surface area contributed by atoms with Crippen LogP contribution >= 0.6 is 0 Å². The second-order valence-corrected chi connectivity index (χ2v) is 7.54. The van der Waals surface area contributed by atoms with Crippen molar-refractivity contribution in [2.45, 2.75) is 39.0 Å². The normalized spacial score (nSPS) is 16.3. The summed E-state index contributed by atoms with van der Waals surface area (Å²) in [5.41, 5.74) is 2.93. The third-order valence-electron chi connectivity index (χ3n) is 5.24. The van der Waals surface area contributed by atoms with Crippen LogP contribution < -0.4 is 5.56 Å². The van der Waals surface area contributed by atoms with Crippen molar-refractivity contribution < 1.29 is 13.9 Å². The number of carbonyl (C=O) groups is 1. The number of pyridine rings is 1. The van der Waals surface area contributed by atoms with Gasteiger partial charge in [-0.2, -0.15) is 0 Å². The minimum atomic E-state index is -0.488. The van der Waals surface area contributed by atoms with Gasteiger partial charge in [0.25, 0.3) is 11.5 Å². The molecule has 1 aromatic heterocycles. The third-order valence-corrected chi connectivity index (χ3v) is 5.24. The van der Waals surface area contributed by atoms with Crippen molar-refractivity contribution in [2.75, 3.05) is 6.61 Å². The van der Waals surface area contributed by atoms with Gasteiger partial charge in [0.1, 0.15) is 11.9 Å². The Hall–Kier alpha value is -2.99. The second-order valence-electron chi connectivity index (χ2n) is 7.54. The molecule has 0 spiro atoms. The Morgan fingerprint density at radius 1 is 1.17 bits per heavy atom. The summed E-state index contributed by atoms with van der Waals surface area (Å²) in [6.45, 7) is 2.98. The standard InChI is InChI=1S/C23H23FN2O3/c1-15-4-7-17-12-18(22(27)25-20(17)11-15)14-26(23(28)21-3-2-10-29-21)13-16-5-8-19(24)9-6-16/h4-9,11-12,21H,2-3,10,13-14H2,1H3,(H,25,27)/t21-/m0/s1. The van der Waals surface area contributed by atoms with E-state index >= 15 is 0 Å². The summed E-state index contributed by atoms with van der Waals surface area (Å²) in [6.07, 6.45) is 1.03. The van der Waals surface area contributed by atoms with Crippen LogP contribution in [-0.4, -0.2) is 28.5 Å². The number of benzene rings is 2. The first kappa shape index (κ1) is 19.3. The monoisotopic (exact) mass is 394 g/mol. The van der Waals surface area contributed by atoms with Crippen LogP contribution in [0.25, 0.3) is 10.9 Å². The van der Waals surface area contributed by atoms with Crippen molar-refractivity contribution >= 4 is 16.8 Å². The fourth-order valence-electron chi connectivity index (χ4n) is 3.68. The van der Waals surface area contributed by atoms with E-state index < -0.39 is 6.10 Å². The molecule has 1 amide bonds. The maximum atomic E-state index is 13.3. The Morgan fingerprint density at radius 2 is 1.97 bits per heavy atom. The van der Waals surface area contributed by atoms with E-state index in [1.807, 2.05) is 31.2 Å². The topological polar surface area (TPSA) is 62.4 Å². The van der Waals surface area contributed by atoms with E-state index in [9.17, 15) is 14.0 Å². The first-order valence-corrected chi connectivity index (χ1v) is 9.77. The van der Waals surface area contributed by atoms with Crippen molar-refractivity contribution in [2.24, 2.45) is 0 Å². The molecule has 2 heterocycles. The Balaban J connectivity index is 1.65. The molecule has 1 atom stereocenters. The molecule has 1 saturated heterocycles. The number of ether oxygens (including phenoxy) is 1. The Labute approximate surface area is 168 Å². The summed E-state index contributed by atoms with van der Waals surface area (Å²) in [5.74, 6) is -0.470. The van der Waals surface area contributed by atoms with Crippen LogP contribution in [0.1, 0.15) is 29.5 Å². The molecule has 150 valence electrons. The van der Waals surface area contributed by atoms with Crippen molar-refractivity contribution in [3.05, 3.63) is 81.4 Å². The van der Waals surface area contributed by atoms with E-state index in [-0.39, 0.29) is 30.4 Å². The third kappa shape index (κ3) is 4.38. The predicted molar refractivity (Wildman–Crippen MR) is 109 cm³/mol.